The zero-order valence-electron chi connectivity index (χ0n) is 9.47. The lowest BCUT2D eigenvalue weighted by Gasteiger charge is -2.08. The smallest absolute Gasteiger partial charge is 0.147 e. The molecule has 2 N–H and O–H groups in total. The molecule has 0 spiro atoms. The van der Waals surface area contributed by atoms with Crippen molar-refractivity contribution in [3.8, 4) is 5.75 Å². The molecular formula is C10H17NO3S2. The molecule has 0 aliphatic carbocycles. The Bertz CT molecular complexity index is 425. The minimum Gasteiger partial charge on any atom is -0.496 e. The molecule has 0 aromatic carbocycles. The Balaban J connectivity index is 2.43. The Morgan fingerprint density at radius 2 is 2.25 bits per heavy atom. The van der Waals surface area contributed by atoms with Crippen LogP contribution < -0.4 is 10.5 Å². The van der Waals surface area contributed by atoms with Gasteiger partial charge in [-0.25, -0.2) is 8.42 Å². The highest BCUT2D eigenvalue weighted by atomic mass is 32.2. The Hall–Kier alpha value is -0.590. The van der Waals surface area contributed by atoms with E-state index in [1.54, 1.807) is 18.4 Å². The Morgan fingerprint density at radius 1 is 1.56 bits per heavy atom. The molecule has 0 bridgehead atoms. The molecule has 92 valence electrons. The molecule has 6 heteroatoms. The van der Waals surface area contributed by atoms with Crippen molar-refractivity contribution in [1.29, 1.82) is 0 Å². The van der Waals surface area contributed by atoms with Crippen molar-refractivity contribution in [2.45, 2.75) is 18.9 Å². The number of rotatable bonds is 6. The Morgan fingerprint density at radius 3 is 2.75 bits per heavy atom. The number of methoxy groups -OCH3 is 1. The van der Waals surface area contributed by atoms with E-state index in [1.165, 1.54) is 6.26 Å². The molecule has 1 unspecified atom stereocenters. The van der Waals surface area contributed by atoms with Crippen molar-refractivity contribution in [2.24, 2.45) is 5.73 Å². The summed E-state index contributed by atoms with van der Waals surface area (Å²) in [6.07, 6.45) is 2.52. The van der Waals surface area contributed by atoms with E-state index in [-0.39, 0.29) is 11.8 Å². The molecule has 1 aromatic rings. The van der Waals surface area contributed by atoms with E-state index < -0.39 is 9.84 Å². The van der Waals surface area contributed by atoms with E-state index in [4.69, 9.17) is 10.5 Å². The third kappa shape index (κ3) is 4.51. The van der Waals surface area contributed by atoms with Crippen LogP contribution in [0.2, 0.25) is 0 Å². The maximum absolute atomic E-state index is 10.9. The van der Waals surface area contributed by atoms with Gasteiger partial charge in [-0.15, -0.1) is 11.3 Å². The normalized spacial score (nSPS) is 13.7. The molecule has 1 atom stereocenters. The summed E-state index contributed by atoms with van der Waals surface area (Å²) >= 11 is 1.54. The molecule has 0 saturated carbocycles. The minimum atomic E-state index is -2.88. The third-order valence-corrected chi connectivity index (χ3v) is 4.30. The molecule has 1 rings (SSSR count). The fourth-order valence-electron chi connectivity index (χ4n) is 1.34. The third-order valence-electron chi connectivity index (χ3n) is 2.23. The predicted molar refractivity (Wildman–Crippen MR) is 66.7 cm³/mol. The van der Waals surface area contributed by atoms with Crippen molar-refractivity contribution in [2.75, 3.05) is 19.1 Å². The quantitative estimate of drug-likeness (QED) is 0.846. The second-order valence-electron chi connectivity index (χ2n) is 3.77. The molecule has 1 aromatic heterocycles. The van der Waals surface area contributed by atoms with E-state index in [0.29, 0.717) is 12.8 Å². The minimum absolute atomic E-state index is 0.101. The van der Waals surface area contributed by atoms with Gasteiger partial charge in [-0.05, 0) is 18.9 Å². The molecule has 0 radical (unpaired) electrons. The summed E-state index contributed by atoms with van der Waals surface area (Å²) in [4.78, 5) is 1.03. The molecule has 16 heavy (non-hydrogen) atoms. The van der Waals surface area contributed by atoms with Gasteiger partial charge in [-0.2, -0.15) is 0 Å². The van der Waals surface area contributed by atoms with Crippen LogP contribution >= 0.6 is 11.3 Å². The summed E-state index contributed by atoms with van der Waals surface area (Å²) in [6.45, 7) is 0. The standard InChI is InChI=1S/C10H17NO3S2/c1-14-8-6-10(15-7-8)9(11)4-3-5-16(2,12)13/h6-7,9H,3-5,11H2,1-2H3. The summed E-state index contributed by atoms with van der Waals surface area (Å²) in [5.74, 6) is 1.00. The van der Waals surface area contributed by atoms with Crippen molar-refractivity contribution in [3.63, 3.8) is 0 Å². The van der Waals surface area contributed by atoms with E-state index in [9.17, 15) is 8.42 Å². The van der Waals surface area contributed by atoms with Crippen molar-refractivity contribution in [3.05, 3.63) is 16.3 Å². The summed E-state index contributed by atoms with van der Waals surface area (Å²) in [6, 6.07) is 1.80. The number of ether oxygens (including phenoxy) is 1. The van der Waals surface area contributed by atoms with Crippen LogP contribution in [0.1, 0.15) is 23.8 Å². The zero-order valence-corrected chi connectivity index (χ0v) is 11.1. The van der Waals surface area contributed by atoms with Gasteiger partial charge in [0.15, 0.2) is 0 Å². The maximum Gasteiger partial charge on any atom is 0.147 e. The average Bonchev–Trinajstić information content (AvgIpc) is 2.63. The van der Waals surface area contributed by atoms with Crippen LogP contribution in [-0.2, 0) is 9.84 Å². The van der Waals surface area contributed by atoms with E-state index in [1.807, 2.05) is 11.4 Å². The number of thiophene rings is 1. The molecule has 0 amide bonds. The molecule has 0 aliphatic heterocycles. The monoisotopic (exact) mass is 263 g/mol. The number of nitrogens with two attached hydrogens (primary N) is 1. The SMILES string of the molecule is COc1csc(C(N)CCCS(C)(=O)=O)c1. The van der Waals surface area contributed by atoms with Crippen LogP contribution in [0.5, 0.6) is 5.75 Å². The molecular weight excluding hydrogens is 246 g/mol. The van der Waals surface area contributed by atoms with Gasteiger partial charge in [0, 0.05) is 28.3 Å². The molecule has 0 aliphatic rings. The van der Waals surface area contributed by atoms with E-state index in [2.05, 4.69) is 0 Å². The Kier molecular flexibility index (Phi) is 4.76. The molecule has 1 heterocycles. The fraction of sp³-hybridized carbons (Fsp3) is 0.600. The highest BCUT2D eigenvalue weighted by Crippen LogP contribution is 2.27. The van der Waals surface area contributed by atoms with E-state index >= 15 is 0 Å². The van der Waals surface area contributed by atoms with Crippen LogP contribution in [0.3, 0.4) is 0 Å². The number of hydrogen-bond acceptors (Lipinski definition) is 5. The fourth-order valence-corrected chi connectivity index (χ4v) is 2.93. The number of hydrogen-bond donors (Lipinski definition) is 1. The maximum atomic E-state index is 10.9. The van der Waals surface area contributed by atoms with Gasteiger partial charge in [0.05, 0.1) is 7.11 Å². The van der Waals surface area contributed by atoms with Crippen LogP contribution in [0.4, 0.5) is 0 Å². The highest BCUT2D eigenvalue weighted by molar-refractivity contribution is 7.90. The van der Waals surface area contributed by atoms with Gasteiger partial charge in [-0.1, -0.05) is 0 Å². The Labute approximate surface area is 100 Å². The van der Waals surface area contributed by atoms with Gasteiger partial charge in [0.25, 0.3) is 0 Å². The topological polar surface area (TPSA) is 69.4 Å². The van der Waals surface area contributed by atoms with Crippen LogP contribution in [0.25, 0.3) is 0 Å². The van der Waals surface area contributed by atoms with Gasteiger partial charge in [0.1, 0.15) is 15.6 Å². The van der Waals surface area contributed by atoms with Gasteiger partial charge in [-0.3, -0.25) is 0 Å². The number of sulfone groups is 1. The highest BCUT2D eigenvalue weighted by Gasteiger charge is 2.11. The summed E-state index contributed by atoms with van der Waals surface area (Å²) in [7, 11) is -1.27. The lowest BCUT2D eigenvalue weighted by Crippen LogP contribution is -2.11. The lowest BCUT2D eigenvalue weighted by atomic mass is 10.1. The van der Waals surface area contributed by atoms with Crippen LogP contribution in [0, 0.1) is 0 Å². The first-order chi connectivity index (χ1) is 7.42. The van der Waals surface area contributed by atoms with Crippen molar-refractivity contribution < 1.29 is 13.2 Å². The lowest BCUT2D eigenvalue weighted by molar-refractivity contribution is 0.416. The van der Waals surface area contributed by atoms with E-state index in [0.717, 1.165) is 10.6 Å². The van der Waals surface area contributed by atoms with Crippen molar-refractivity contribution in [1.82, 2.24) is 0 Å². The van der Waals surface area contributed by atoms with Crippen LogP contribution in [0.15, 0.2) is 11.4 Å². The second kappa shape index (κ2) is 5.65. The van der Waals surface area contributed by atoms with Gasteiger partial charge < -0.3 is 10.5 Å². The first-order valence-electron chi connectivity index (χ1n) is 4.98. The molecule has 4 nitrogen and oxygen atoms in total. The second-order valence-corrected chi connectivity index (χ2v) is 6.97. The molecule has 0 saturated heterocycles. The zero-order chi connectivity index (χ0) is 12.2. The average molecular weight is 263 g/mol. The van der Waals surface area contributed by atoms with Crippen LogP contribution in [-0.4, -0.2) is 27.5 Å². The molecule has 0 fully saturated rings. The summed E-state index contributed by atoms with van der Waals surface area (Å²) in [5.41, 5.74) is 5.95. The van der Waals surface area contributed by atoms with Gasteiger partial charge >= 0.3 is 0 Å². The first kappa shape index (κ1) is 13.5. The predicted octanol–water partition coefficient (Wildman–Crippen LogP) is 1.58. The van der Waals surface area contributed by atoms with Crippen molar-refractivity contribution >= 4 is 21.2 Å². The summed E-state index contributed by atoms with van der Waals surface area (Å²) in [5, 5.41) is 1.89. The van der Waals surface area contributed by atoms with Gasteiger partial charge in [0.2, 0.25) is 0 Å². The summed E-state index contributed by atoms with van der Waals surface area (Å²) < 4.78 is 26.9. The largest absolute Gasteiger partial charge is 0.496 e. The first-order valence-corrected chi connectivity index (χ1v) is 7.92.